The van der Waals surface area contributed by atoms with E-state index < -0.39 is 42.2 Å². The van der Waals surface area contributed by atoms with Crippen LogP contribution in [0.4, 0.5) is 4.39 Å². The number of thioether (sulfide) groups is 1. The van der Waals surface area contributed by atoms with Gasteiger partial charge in [-0.15, -0.1) is 16.4 Å². The zero-order valence-electron chi connectivity index (χ0n) is 15.6. The summed E-state index contributed by atoms with van der Waals surface area (Å²) in [6.45, 7) is -0.433. The Balaban J connectivity index is 1.66. The van der Waals surface area contributed by atoms with Crippen LogP contribution in [0.3, 0.4) is 0 Å². The number of ether oxygens (including phenoxy) is 2. The number of halogens is 2. The molecule has 30 heavy (non-hydrogen) atoms. The van der Waals surface area contributed by atoms with Crippen molar-refractivity contribution in [1.29, 1.82) is 0 Å². The molecule has 4 rings (SSSR count). The van der Waals surface area contributed by atoms with E-state index >= 15 is 0 Å². The third-order valence-corrected chi connectivity index (χ3v) is 6.91. The first-order valence-corrected chi connectivity index (χ1v) is 11.1. The first-order chi connectivity index (χ1) is 14.5. The summed E-state index contributed by atoms with van der Waals surface area (Å²) < 4.78 is 27.2. The summed E-state index contributed by atoms with van der Waals surface area (Å²) in [6.07, 6.45) is 0.534. The molecule has 0 bridgehead atoms. The van der Waals surface area contributed by atoms with E-state index in [1.165, 1.54) is 41.3 Å². The van der Waals surface area contributed by atoms with Gasteiger partial charge in [0.25, 0.3) is 0 Å². The molecule has 160 valence electrons. The molecule has 0 saturated carbocycles. The molecule has 2 aromatic heterocycles. The summed E-state index contributed by atoms with van der Waals surface area (Å²) in [7, 11) is 1.47. The molecule has 3 aromatic rings. The fourth-order valence-electron chi connectivity index (χ4n) is 3.27. The number of aliphatic hydroxyl groups excluding tert-OH is 2. The number of hydrogen-bond acceptors (Lipinski definition) is 9. The van der Waals surface area contributed by atoms with Gasteiger partial charge in [-0.2, -0.15) is 0 Å². The number of nitrogens with zero attached hydrogens (tertiary/aromatic N) is 4. The van der Waals surface area contributed by atoms with Crippen LogP contribution in [-0.4, -0.2) is 67.7 Å². The van der Waals surface area contributed by atoms with Crippen LogP contribution in [0.2, 0.25) is 5.02 Å². The fraction of sp³-hybridized carbons (Fsp3) is 0.389. The molecule has 2 N–H and O–H groups in total. The molecule has 1 fully saturated rings. The van der Waals surface area contributed by atoms with Crippen molar-refractivity contribution in [3.63, 3.8) is 0 Å². The Labute approximate surface area is 184 Å². The van der Waals surface area contributed by atoms with Gasteiger partial charge in [0.15, 0.2) is 0 Å². The van der Waals surface area contributed by atoms with Crippen LogP contribution < -0.4 is 0 Å². The molecule has 1 aromatic carbocycles. The molecule has 3 heterocycles. The van der Waals surface area contributed by atoms with Gasteiger partial charge in [0.1, 0.15) is 46.3 Å². The molecule has 12 heteroatoms. The van der Waals surface area contributed by atoms with Crippen molar-refractivity contribution < 1.29 is 24.1 Å². The summed E-state index contributed by atoms with van der Waals surface area (Å²) in [4.78, 5) is 4.48. The van der Waals surface area contributed by atoms with Gasteiger partial charge in [0, 0.05) is 28.6 Å². The number of benzene rings is 1. The van der Waals surface area contributed by atoms with Crippen molar-refractivity contribution in [1.82, 2.24) is 20.0 Å². The van der Waals surface area contributed by atoms with E-state index in [1.54, 1.807) is 12.4 Å². The Morgan fingerprint density at radius 1 is 1.43 bits per heavy atom. The van der Waals surface area contributed by atoms with E-state index in [9.17, 15) is 14.6 Å². The molecular formula is C18H18ClFN4O4S2. The van der Waals surface area contributed by atoms with Gasteiger partial charge in [0.2, 0.25) is 0 Å². The van der Waals surface area contributed by atoms with Crippen LogP contribution in [0.5, 0.6) is 0 Å². The monoisotopic (exact) mass is 472 g/mol. The number of hydrogen-bond donors (Lipinski definition) is 2. The topological polar surface area (TPSA) is 103 Å². The Bertz CT molecular complexity index is 992. The molecule has 5 atom stereocenters. The minimum atomic E-state index is -1.13. The molecular weight excluding hydrogens is 455 g/mol. The van der Waals surface area contributed by atoms with E-state index in [0.717, 1.165) is 11.8 Å². The molecule has 0 radical (unpaired) electrons. The summed E-state index contributed by atoms with van der Waals surface area (Å²) >= 11 is 8.47. The van der Waals surface area contributed by atoms with Gasteiger partial charge < -0.3 is 19.7 Å². The highest BCUT2D eigenvalue weighted by Gasteiger charge is 2.47. The number of thiazole rings is 1. The quantitative estimate of drug-likeness (QED) is 0.564. The molecule has 0 amide bonds. The van der Waals surface area contributed by atoms with Crippen LogP contribution in [0, 0.1) is 5.82 Å². The maximum atomic E-state index is 14.3. The van der Waals surface area contributed by atoms with Gasteiger partial charge in [-0.1, -0.05) is 28.6 Å². The van der Waals surface area contributed by atoms with Crippen molar-refractivity contribution in [3.05, 3.63) is 46.8 Å². The largest absolute Gasteiger partial charge is 0.394 e. The van der Waals surface area contributed by atoms with Gasteiger partial charge >= 0.3 is 0 Å². The van der Waals surface area contributed by atoms with Crippen LogP contribution in [0.25, 0.3) is 10.7 Å². The number of aromatic nitrogens is 4. The minimum Gasteiger partial charge on any atom is -0.394 e. The van der Waals surface area contributed by atoms with Gasteiger partial charge in [-0.05, 0) is 18.2 Å². The average Bonchev–Trinajstić information content (AvgIpc) is 3.43. The lowest BCUT2D eigenvalue weighted by Crippen LogP contribution is -2.55. The number of aliphatic hydroxyl groups is 2. The molecule has 0 spiro atoms. The van der Waals surface area contributed by atoms with Gasteiger partial charge in [0.05, 0.1) is 12.8 Å². The second-order valence-corrected chi connectivity index (χ2v) is 8.99. The molecule has 0 unspecified atom stereocenters. The van der Waals surface area contributed by atoms with Crippen molar-refractivity contribution in [3.8, 4) is 10.7 Å². The zero-order chi connectivity index (χ0) is 21.3. The van der Waals surface area contributed by atoms with Crippen molar-refractivity contribution in [2.75, 3.05) is 13.7 Å². The van der Waals surface area contributed by atoms with Crippen LogP contribution in [-0.2, 0) is 9.47 Å². The molecule has 1 aliphatic rings. The first kappa shape index (κ1) is 21.6. The Morgan fingerprint density at radius 2 is 2.27 bits per heavy atom. The van der Waals surface area contributed by atoms with Crippen molar-refractivity contribution in [2.45, 2.75) is 34.7 Å². The van der Waals surface area contributed by atoms with E-state index in [0.29, 0.717) is 15.7 Å². The minimum absolute atomic E-state index is 0.267. The molecule has 1 aliphatic heterocycles. The Morgan fingerprint density at radius 3 is 2.97 bits per heavy atom. The van der Waals surface area contributed by atoms with Crippen LogP contribution in [0.1, 0.15) is 6.04 Å². The van der Waals surface area contributed by atoms with E-state index in [2.05, 4.69) is 15.3 Å². The van der Waals surface area contributed by atoms with Crippen molar-refractivity contribution >= 4 is 34.7 Å². The first-order valence-electron chi connectivity index (χ1n) is 8.92. The highest BCUT2D eigenvalue weighted by Crippen LogP contribution is 2.40. The summed E-state index contributed by atoms with van der Waals surface area (Å²) in [5.74, 6) is -0.460. The van der Waals surface area contributed by atoms with Gasteiger partial charge in [-0.25, -0.2) is 14.1 Å². The number of rotatable bonds is 6. The predicted molar refractivity (Wildman–Crippen MR) is 110 cm³/mol. The third-order valence-electron chi connectivity index (χ3n) is 4.70. The molecule has 1 saturated heterocycles. The summed E-state index contributed by atoms with van der Waals surface area (Å²) in [5.41, 5.74) is -0.204. The lowest BCUT2D eigenvalue weighted by molar-refractivity contribution is -0.186. The Kier molecular flexibility index (Phi) is 6.68. The van der Waals surface area contributed by atoms with Gasteiger partial charge in [-0.3, -0.25) is 0 Å². The summed E-state index contributed by atoms with van der Waals surface area (Å²) in [5, 5.41) is 31.7. The van der Waals surface area contributed by atoms with Crippen molar-refractivity contribution in [2.24, 2.45) is 0 Å². The summed E-state index contributed by atoms with van der Waals surface area (Å²) in [6, 6.07) is 3.47. The smallest absolute Gasteiger partial charge is 0.145 e. The van der Waals surface area contributed by atoms with Crippen LogP contribution >= 0.6 is 34.7 Å². The SMILES string of the molecule is CO[C@@H]1[C@@H](n2cc(-c3nccs3)nn2)[C@@H](O)[C@@H](CO)O[C@@H]1Sc1cc(Cl)ccc1F. The van der Waals surface area contributed by atoms with E-state index in [-0.39, 0.29) is 4.90 Å². The fourth-order valence-corrected chi connectivity index (χ4v) is 5.33. The normalized spacial score (nSPS) is 26.8. The lowest BCUT2D eigenvalue weighted by atomic mass is 9.97. The lowest BCUT2D eigenvalue weighted by Gasteiger charge is -2.43. The standard InChI is InChI=1S/C18H18ClFN4O4S2/c1-27-16-14(24-7-11(22-23-24)17-21-4-5-29-17)15(26)12(8-25)28-18(16)30-13-6-9(19)2-3-10(13)20/h2-7,12,14-16,18,25-26H,8H2,1H3/t12-,14+,15+,16-,18-/m1/s1. The zero-order valence-corrected chi connectivity index (χ0v) is 18.0. The maximum absolute atomic E-state index is 14.3. The van der Waals surface area contributed by atoms with Crippen LogP contribution in [0.15, 0.2) is 40.9 Å². The maximum Gasteiger partial charge on any atom is 0.145 e. The molecule has 8 nitrogen and oxygen atoms in total. The highest BCUT2D eigenvalue weighted by atomic mass is 35.5. The number of methoxy groups -OCH3 is 1. The average molecular weight is 473 g/mol. The predicted octanol–water partition coefficient (Wildman–Crippen LogP) is 2.62. The third kappa shape index (κ3) is 4.24. The second-order valence-electron chi connectivity index (χ2n) is 6.52. The second kappa shape index (κ2) is 9.27. The van der Waals surface area contributed by atoms with E-state index in [1.807, 2.05) is 5.38 Å². The highest BCUT2D eigenvalue weighted by molar-refractivity contribution is 7.99. The van der Waals surface area contributed by atoms with E-state index in [4.69, 9.17) is 21.1 Å². The molecule has 0 aliphatic carbocycles. The Hall–Kier alpha value is -1.60.